The predicted octanol–water partition coefficient (Wildman–Crippen LogP) is 2.96. The van der Waals surface area contributed by atoms with Gasteiger partial charge in [0.2, 0.25) is 5.91 Å². The molecule has 0 fully saturated rings. The standard InChI is InChI=1S/C19H19N4O.Y/c1-4-18(23-19(24)13(2)5-6-14(3)22-23)10-15-7-8-16(11-20)17(9-15)12-21;/h7-9,13,18H,1,5-6,10H2,2-3H3;/q-1;. The smallest absolute Gasteiger partial charge is 0.243 e. The van der Waals surface area contributed by atoms with Crippen LogP contribution in [0.15, 0.2) is 29.9 Å². The van der Waals surface area contributed by atoms with E-state index in [1.54, 1.807) is 18.2 Å². The molecule has 2 rings (SSSR count). The largest absolute Gasteiger partial charge is 0.478 e. The summed E-state index contributed by atoms with van der Waals surface area (Å²) in [5.41, 5.74) is 2.41. The van der Waals surface area contributed by atoms with Gasteiger partial charge in [-0.2, -0.15) is 15.6 Å². The monoisotopic (exact) mass is 408 g/mol. The van der Waals surface area contributed by atoms with Gasteiger partial charge in [0.15, 0.2) is 0 Å². The van der Waals surface area contributed by atoms with E-state index in [1.165, 1.54) is 5.01 Å². The van der Waals surface area contributed by atoms with Crippen molar-refractivity contribution in [3.63, 3.8) is 0 Å². The molecule has 1 heterocycles. The van der Waals surface area contributed by atoms with E-state index in [9.17, 15) is 4.79 Å². The van der Waals surface area contributed by atoms with E-state index in [0.717, 1.165) is 24.1 Å². The van der Waals surface area contributed by atoms with E-state index < -0.39 is 6.04 Å². The summed E-state index contributed by atoms with van der Waals surface area (Å²) >= 11 is 0. The van der Waals surface area contributed by atoms with Gasteiger partial charge in [-0.1, -0.05) is 19.0 Å². The van der Waals surface area contributed by atoms with Crippen LogP contribution in [0.4, 0.5) is 0 Å². The molecule has 0 aliphatic carbocycles. The molecule has 0 bridgehead atoms. The fourth-order valence-electron chi connectivity index (χ4n) is 2.66. The van der Waals surface area contributed by atoms with Crippen molar-refractivity contribution in [2.75, 3.05) is 0 Å². The summed E-state index contributed by atoms with van der Waals surface area (Å²) in [6, 6.07) is 8.68. The Kier molecular flexibility index (Phi) is 8.16. The molecule has 1 amide bonds. The van der Waals surface area contributed by atoms with Crippen molar-refractivity contribution >= 4 is 11.6 Å². The molecule has 1 aromatic carbocycles. The van der Waals surface area contributed by atoms with Gasteiger partial charge in [-0.3, -0.25) is 16.4 Å². The van der Waals surface area contributed by atoms with E-state index in [0.29, 0.717) is 17.5 Å². The summed E-state index contributed by atoms with van der Waals surface area (Å²) < 4.78 is 0. The van der Waals surface area contributed by atoms with Crippen LogP contribution in [0, 0.1) is 34.7 Å². The normalized spacial score (nSPS) is 18.1. The van der Waals surface area contributed by atoms with E-state index in [-0.39, 0.29) is 44.5 Å². The molecule has 1 radical (unpaired) electrons. The van der Waals surface area contributed by atoms with Gasteiger partial charge in [0.25, 0.3) is 0 Å². The molecule has 2 atom stereocenters. The van der Waals surface area contributed by atoms with Gasteiger partial charge in [-0.05, 0) is 43.9 Å². The number of hydrogen-bond donors (Lipinski definition) is 0. The van der Waals surface area contributed by atoms with Crippen LogP contribution in [-0.4, -0.2) is 22.7 Å². The van der Waals surface area contributed by atoms with Crippen molar-refractivity contribution in [2.45, 2.75) is 39.2 Å². The fourth-order valence-corrected chi connectivity index (χ4v) is 2.66. The zero-order valence-electron chi connectivity index (χ0n) is 14.5. The molecule has 0 saturated heterocycles. The number of amides is 1. The summed E-state index contributed by atoms with van der Waals surface area (Å²) in [4.78, 5) is 12.6. The van der Waals surface area contributed by atoms with Crippen molar-refractivity contribution < 1.29 is 37.5 Å². The third-order valence-corrected chi connectivity index (χ3v) is 4.15. The first-order chi connectivity index (χ1) is 11.5. The second kappa shape index (κ2) is 9.61. The Hall–Kier alpha value is -1.82. The Morgan fingerprint density at radius 1 is 1.40 bits per heavy atom. The summed E-state index contributed by atoms with van der Waals surface area (Å²) in [6.45, 7) is 7.53. The van der Waals surface area contributed by atoms with Crippen LogP contribution in [0.5, 0.6) is 0 Å². The minimum Gasteiger partial charge on any atom is -0.478 e. The molecule has 0 aromatic heterocycles. The maximum atomic E-state index is 12.6. The van der Waals surface area contributed by atoms with Crippen LogP contribution in [0.3, 0.4) is 0 Å². The van der Waals surface area contributed by atoms with E-state index in [1.807, 2.05) is 26.0 Å². The molecule has 25 heavy (non-hydrogen) atoms. The number of rotatable bonds is 4. The van der Waals surface area contributed by atoms with E-state index in [4.69, 9.17) is 10.5 Å². The molecule has 1 aliphatic rings. The average Bonchev–Trinajstić information content (AvgIpc) is 2.73. The van der Waals surface area contributed by atoms with Crippen LogP contribution in [0.1, 0.15) is 43.4 Å². The number of hydrazone groups is 1. The Balaban J connectivity index is 0.00000312. The second-order valence-corrected chi connectivity index (χ2v) is 5.99. The molecule has 2 unspecified atom stereocenters. The topological polar surface area (TPSA) is 80.2 Å². The number of benzene rings is 1. The van der Waals surface area contributed by atoms with Crippen LogP contribution in [0.2, 0.25) is 0 Å². The number of carbonyl (C=O) groups is 1. The van der Waals surface area contributed by atoms with Gasteiger partial charge >= 0.3 is 0 Å². The van der Waals surface area contributed by atoms with Gasteiger partial charge in [-0.25, -0.2) is 0 Å². The maximum Gasteiger partial charge on any atom is 0.243 e. The zero-order valence-corrected chi connectivity index (χ0v) is 17.3. The summed E-state index contributed by atoms with van der Waals surface area (Å²) in [5, 5.41) is 24.0. The van der Waals surface area contributed by atoms with Crippen molar-refractivity contribution in [2.24, 2.45) is 11.0 Å². The minimum atomic E-state index is -0.410. The maximum absolute atomic E-state index is 12.6. The van der Waals surface area contributed by atoms with Gasteiger partial charge in [-0.15, -0.1) is 0 Å². The number of nitriles is 2. The molecule has 5 nitrogen and oxygen atoms in total. The third kappa shape index (κ3) is 5.08. The average molecular weight is 408 g/mol. The summed E-state index contributed by atoms with van der Waals surface area (Å²) in [6.07, 6.45) is 4.91. The Bertz CT molecular complexity index is 773. The molecule has 125 valence electrons. The van der Waals surface area contributed by atoms with Gasteiger partial charge in [0.1, 0.15) is 12.1 Å². The zero-order chi connectivity index (χ0) is 17.7. The van der Waals surface area contributed by atoms with Crippen molar-refractivity contribution in [3.8, 4) is 12.1 Å². The third-order valence-electron chi connectivity index (χ3n) is 4.15. The van der Waals surface area contributed by atoms with Crippen LogP contribution in [-0.2, 0) is 43.9 Å². The fraction of sp³-hybridized carbons (Fsp3) is 0.368. The van der Waals surface area contributed by atoms with Gasteiger partial charge in [0, 0.05) is 44.3 Å². The van der Waals surface area contributed by atoms with Gasteiger partial charge < -0.3 is 6.08 Å². The van der Waals surface area contributed by atoms with E-state index in [2.05, 4.69) is 17.8 Å². The minimum absolute atomic E-state index is 0. The summed E-state index contributed by atoms with van der Waals surface area (Å²) in [7, 11) is 0. The quantitative estimate of drug-likeness (QED) is 0.719. The molecule has 0 saturated carbocycles. The predicted molar refractivity (Wildman–Crippen MR) is 90.6 cm³/mol. The van der Waals surface area contributed by atoms with Crippen LogP contribution >= 0.6 is 0 Å². The first-order valence-corrected chi connectivity index (χ1v) is 7.83. The molecular formula is C19H19N4OY-. The molecule has 1 aromatic rings. The van der Waals surface area contributed by atoms with Gasteiger partial charge in [0.05, 0.1) is 11.1 Å². The number of hydrogen-bond acceptors (Lipinski definition) is 4. The van der Waals surface area contributed by atoms with E-state index >= 15 is 0 Å². The molecule has 1 aliphatic heterocycles. The number of carbonyl (C=O) groups excluding carboxylic acids is 1. The summed E-state index contributed by atoms with van der Waals surface area (Å²) in [5.74, 6) is -0.139. The second-order valence-electron chi connectivity index (χ2n) is 5.99. The first-order valence-electron chi connectivity index (χ1n) is 7.83. The molecule has 0 spiro atoms. The Labute approximate surface area is 173 Å². The van der Waals surface area contributed by atoms with Crippen LogP contribution < -0.4 is 0 Å². The van der Waals surface area contributed by atoms with Crippen molar-refractivity contribution in [1.29, 1.82) is 10.5 Å². The Morgan fingerprint density at radius 2 is 2.08 bits per heavy atom. The first kappa shape index (κ1) is 21.2. The SMILES string of the molecule is C=[C-]C(Cc1ccc(C#N)c(C#N)c1)N1N=C(C)CCC(C)C1=O.[Y]. The molecular weight excluding hydrogens is 389 g/mol. The Morgan fingerprint density at radius 3 is 2.68 bits per heavy atom. The molecule has 6 heteroatoms. The van der Waals surface area contributed by atoms with Crippen molar-refractivity contribution in [1.82, 2.24) is 5.01 Å². The molecule has 0 N–H and O–H groups in total. The van der Waals surface area contributed by atoms with Crippen LogP contribution in [0.25, 0.3) is 0 Å². The number of nitrogens with zero attached hydrogens (tertiary/aromatic N) is 4. The van der Waals surface area contributed by atoms with Crippen molar-refractivity contribution in [3.05, 3.63) is 47.5 Å².